The van der Waals surface area contributed by atoms with Crippen LogP contribution in [0.4, 0.5) is 13.2 Å². The smallest absolute Gasteiger partial charge is 0.464 e. The van der Waals surface area contributed by atoms with Crippen LogP contribution in [0.15, 0.2) is 66.8 Å². The van der Waals surface area contributed by atoms with Crippen molar-refractivity contribution in [3.05, 3.63) is 63.8 Å². The lowest BCUT2D eigenvalue weighted by Gasteiger charge is -2.11. The molecule has 0 saturated heterocycles. The lowest BCUT2D eigenvalue weighted by atomic mass is 10.0. The number of ether oxygens (including phenoxy) is 1. The number of halogens is 4. The molecular formula is C19H13BrF3N3O2. The molecule has 0 N–H and O–H groups in total. The van der Waals surface area contributed by atoms with Gasteiger partial charge in [0, 0.05) is 5.39 Å². The highest BCUT2D eigenvalue weighted by Crippen LogP contribution is 2.31. The van der Waals surface area contributed by atoms with Crippen LogP contribution < -0.4 is 4.74 Å². The first-order valence-electron chi connectivity index (χ1n) is 8.36. The van der Waals surface area contributed by atoms with E-state index in [0.717, 1.165) is 27.7 Å². The Morgan fingerprint density at radius 1 is 1.07 bits per heavy atom. The summed E-state index contributed by atoms with van der Waals surface area (Å²) in [5, 5.41) is 8.76. The molecule has 0 aliphatic carbocycles. The predicted octanol–water partition coefficient (Wildman–Crippen LogP) is 6.05. The van der Waals surface area contributed by atoms with Crippen molar-refractivity contribution in [3.63, 3.8) is 0 Å². The van der Waals surface area contributed by atoms with Crippen molar-refractivity contribution >= 4 is 32.7 Å². The lowest BCUT2D eigenvalue weighted by Crippen LogP contribution is -2.17. The van der Waals surface area contributed by atoms with Crippen molar-refractivity contribution in [2.45, 2.75) is 19.2 Å². The Balaban J connectivity index is 1.47. The van der Waals surface area contributed by atoms with E-state index in [4.69, 9.17) is 4.42 Å². The lowest BCUT2D eigenvalue weighted by molar-refractivity contribution is -0.274. The minimum Gasteiger partial charge on any atom is -0.464 e. The van der Waals surface area contributed by atoms with Crippen LogP contribution >= 0.6 is 15.9 Å². The molecule has 2 heterocycles. The van der Waals surface area contributed by atoms with Crippen molar-refractivity contribution in [1.82, 2.24) is 0 Å². The molecule has 5 nitrogen and oxygen atoms in total. The van der Waals surface area contributed by atoms with Crippen LogP contribution in [0.5, 0.6) is 5.75 Å². The number of aliphatic imine (C=N–C) groups is 1. The summed E-state index contributed by atoms with van der Waals surface area (Å²) in [4.78, 5) is 4.20. The van der Waals surface area contributed by atoms with E-state index < -0.39 is 6.36 Å². The van der Waals surface area contributed by atoms with Crippen LogP contribution in [0, 0.1) is 0 Å². The van der Waals surface area contributed by atoms with Gasteiger partial charge in [0.1, 0.15) is 17.6 Å². The summed E-state index contributed by atoms with van der Waals surface area (Å²) in [5.41, 5.74) is 3.48. The summed E-state index contributed by atoms with van der Waals surface area (Å²) in [7, 11) is 0. The number of azo groups is 1. The Kier molecular flexibility index (Phi) is 4.92. The van der Waals surface area contributed by atoms with Crippen molar-refractivity contribution in [2.24, 2.45) is 15.2 Å². The number of hydrogen-bond donors (Lipinski definition) is 0. The van der Waals surface area contributed by atoms with Crippen LogP contribution in [0.1, 0.15) is 16.7 Å². The van der Waals surface area contributed by atoms with Crippen molar-refractivity contribution in [2.75, 3.05) is 6.67 Å². The van der Waals surface area contributed by atoms with Crippen molar-refractivity contribution in [1.29, 1.82) is 0 Å². The largest absolute Gasteiger partial charge is 0.573 e. The summed E-state index contributed by atoms with van der Waals surface area (Å²) in [5.74, 6) is 0.310. The van der Waals surface area contributed by atoms with E-state index in [1.165, 1.54) is 6.07 Å². The van der Waals surface area contributed by atoms with E-state index in [-0.39, 0.29) is 10.2 Å². The molecule has 1 aliphatic heterocycles. The molecule has 0 bridgehead atoms. The molecule has 4 rings (SSSR count). The Morgan fingerprint density at radius 3 is 2.50 bits per heavy atom. The number of amidine groups is 1. The number of rotatable bonds is 5. The van der Waals surface area contributed by atoms with E-state index >= 15 is 0 Å². The molecule has 0 unspecified atom stereocenters. The quantitative estimate of drug-likeness (QED) is 0.473. The molecule has 0 fully saturated rings. The number of alkyl halides is 3. The van der Waals surface area contributed by atoms with Gasteiger partial charge in [-0.1, -0.05) is 18.2 Å². The van der Waals surface area contributed by atoms with Gasteiger partial charge in [0.25, 0.3) is 0 Å². The molecular weight excluding hydrogens is 439 g/mol. The molecule has 144 valence electrons. The van der Waals surface area contributed by atoms with E-state index in [9.17, 15) is 13.2 Å². The van der Waals surface area contributed by atoms with Gasteiger partial charge in [-0.15, -0.1) is 18.3 Å². The zero-order valence-corrected chi connectivity index (χ0v) is 15.9. The van der Waals surface area contributed by atoms with Crippen LogP contribution in [0.3, 0.4) is 0 Å². The minimum absolute atomic E-state index is 0.257. The third-order valence-electron chi connectivity index (χ3n) is 4.25. The van der Waals surface area contributed by atoms with Crippen molar-refractivity contribution in [3.8, 4) is 5.75 Å². The second-order valence-corrected chi connectivity index (χ2v) is 7.01. The number of fused-ring (bicyclic) bond motifs is 1. The number of hydrogen-bond acceptors (Lipinski definition) is 5. The second kappa shape index (κ2) is 7.38. The fraction of sp³-hybridized carbons (Fsp3) is 0.211. The van der Waals surface area contributed by atoms with Gasteiger partial charge in [0.2, 0.25) is 0 Å². The molecule has 1 aromatic heterocycles. The average molecular weight is 452 g/mol. The van der Waals surface area contributed by atoms with Crippen molar-refractivity contribution < 1.29 is 22.3 Å². The van der Waals surface area contributed by atoms with Crippen LogP contribution in [0.2, 0.25) is 0 Å². The molecule has 1 aliphatic rings. The van der Waals surface area contributed by atoms with E-state index in [0.29, 0.717) is 25.3 Å². The molecule has 3 aromatic rings. The van der Waals surface area contributed by atoms with Gasteiger partial charge < -0.3 is 9.15 Å². The molecule has 28 heavy (non-hydrogen) atoms. The molecule has 2 aromatic carbocycles. The summed E-state index contributed by atoms with van der Waals surface area (Å²) in [6, 6.07) is 10.5. The van der Waals surface area contributed by atoms with E-state index in [1.54, 1.807) is 18.4 Å². The maximum Gasteiger partial charge on any atom is 0.573 e. The summed E-state index contributed by atoms with van der Waals surface area (Å²) < 4.78 is 46.9. The fourth-order valence-corrected chi connectivity index (χ4v) is 3.47. The maximum absolute atomic E-state index is 12.3. The monoisotopic (exact) mass is 451 g/mol. The Labute approximate surface area is 166 Å². The molecule has 0 spiro atoms. The van der Waals surface area contributed by atoms with E-state index in [1.807, 2.05) is 18.2 Å². The first kappa shape index (κ1) is 18.7. The zero-order valence-electron chi connectivity index (χ0n) is 14.3. The van der Waals surface area contributed by atoms with Gasteiger partial charge in [0.05, 0.1) is 10.0 Å². The van der Waals surface area contributed by atoms with Gasteiger partial charge >= 0.3 is 6.36 Å². The van der Waals surface area contributed by atoms with Gasteiger partial charge in [-0.3, -0.25) is 0 Å². The van der Waals surface area contributed by atoms with E-state index in [2.05, 4.69) is 35.9 Å². The summed E-state index contributed by atoms with van der Waals surface area (Å²) >= 11 is 3.13. The second-order valence-electron chi connectivity index (χ2n) is 6.16. The number of benzene rings is 2. The predicted molar refractivity (Wildman–Crippen MR) is 101 cm³/mol. The maximum atomic E-state index is 12.3. The molecule has 9 heteroatoms. The number of nitrogens with zero attached hydrogens (tertiary/aromatic N) is 3. The van der Waals surface area contributed by atoms with Crippen LogP contribution in [-0.2, 0) is 12.8 Å². The Hall–Kier alpha value is -2.68. The van der Waals surface area contributed by atoms with Crippen LogP contribution in [-0.4, -0.2) is 18.9 Å². The average Bonchev–Trinajstić information content (AvgIpc) is 3.29. The highest BCUT2D eigenvalue weighted by molar-refractivity contribution is 9.10. The van der Waals surface area contributed by atoms with Crippen LogP contribution in [0.25, 0.3) is 11.0 Å². The summed E-state index contributed by atoms with van der Waals surface area (Å²) in [6.07, 6.45) is -1.73. The highest BCUT2D eigenvalue weighted by atomic mass is 79.9. The molecule has 0 amide bonds. The standard InChI is InChI=1S/C19H13BrF3N3O2/c20-15-7-11(4-6-16(15)28-19(21,22)23)1-2-12-3-5-13-14(9-27-17(13)8-12)18-24-10-25-26-18/h3-9H,1-2,10H2. The van der Waals surface area contributed by atoms with Gasteiger partial charge in [0.15, 0.2) is 12.5 Å². The van der Waals surface area contributed by atoms with Gasteiger partial charge in [-0.2, -0.15) is 5.11 Å². The molecule has 0 saturated carbocycles. The Morgan fingerprint density at radius 2 is 1.82 bits per heavy atom. The molecule has 0 radical (unpaired) electrons. The topological polar surface area (TPSA) is 59.5 Å². The molecule has 0 atom stereocenters. The summed E-state index contributed by atoms with van der Waals surface area (Å²) in [6.45, 7) is 0.336. The Bertz CT molecular complexity index is 1090. The normalized spacial score (nSPS) is 13.9. The SMILES string of the molecule is FC(F)(F)Oc1ccc(CCc2ccc3c(C4=NCN=N4)coc3c2)cc1Br. The first-order valence-corrected chi connectivity index (χ1v) is 9.15. The van der Waals surface area contributed by atoms with Gasteiger partial charge in [-0.05, 0) is 58.1 Å². The minimum atomic E-state index is -4.72. The third kappa shape index (κ3) is 4.09. The fourth-order valence-electron chi connectivity index (χ4n) is 2.97. The van der Waals surface area contributed by atoms with Gasteiger partial charge in [-0.25, -0.2) is 4.99 Å². The first-order chi connectivity index (χ1) is 13.4. The third-order valence-corrected chi connectivity index (χ3v) is 4.87. The zero-order chi connectivity index (χ0) is 19.7. The number of furan rings is 1. The number of aryl methyl sites for hydroxylation is 2. The highest BCUT2D eigenvalue weighted by Gasteiger charge is 2.31.